The second-order valence-corrected chi connectivity index (χ2v) is 6.07. The summed E-state index contributed by atoms with van der Waals surface area (Å²) in [5.74, 6) is 0.886. The van der Waals surface area contributed by atoms with E-state index >= 15 is 0 Å². The Balaban J connectivity index is 2.08. The molecular weight excluding hydrogens is 244 g/mol. The van der Waals surface area contributed by atoms with E-state index in [1.807, 2.05) is 12.1 Å². The summed E-state index contributed by atoms with van der Waals surface area (Å²) in [7, 11) is 0. The molecule has 0 aliphatic rings. The molecule has 0 amide bonds. The van der Waals surface area contributed by atoms with Gasteiger partial charge >= 0.3 is 0 Å². The Kier molecular flexibility index (Phi) is 3.61. The Bertz CT molecular complexity index is 501. The monoisotopic (exact) mass is 262 g/mol. The summed E-state index contributed by atoms with van der Waals surface area (Å²) in [6.07, 6.45) is 3.60. The highest BCUT2D eigenvalue weighted by Gasteiger charge is 2.20. The van der Waals surface area contributed by atoms with Crippen molar-refractivity contribution < 1.29 is 0 Å². The molecule has 0 saturated carbocycles. The molecule has 96 valence electrons. The highest BCUT2D eigenvalue weighted by molar-refractivity contribution is 7.09. The van der Waals surface area contributed by atoms with Gasteiger partial charge in [0.1, 0.15) is 5.82 Å². The van der Waals surface area contributed by atoms with Crippen molar-refractivity contribution in [1.29, 1.82) is 0 Å². The van der Waals surface area contributed by atoms with Gasteiger partial charge in [-0.15, -0.1) is 0 Å². The van der Waals surface area contributed by atoms with Crippen molar-refractivity contribution in [2.75, 3.05) is 5.32 Å². The minimum Gasteiger partial charge on any atom is -0.354 e. The van der Waals surface area contributed by atoms with Gasteiger partial charge in [0.2, 0.25) is 5.13 Å². The molecule has 0 saturated heterocycles. The van der Waals surface area contributed by atoms with Gasteiger partial charge in [0, 0.05) is 29.3 Å². The number of aromatic nitrogens is 3. The van der Waals surface area contributed by atoms with E-state index in [9.17, 15) is 0 Å². The molecule has 1 unspecified atom stereocenters. The molecule has 4 nitrogen and oxygen atoms in total. The maximum absolute atomic E-state index is 4.53. The highest BCUT2D eigenvalue weighted by Crippen LogP contribution is 2.25. The van der Waals surface area contributed by atoms with Crippen LogP contribution in [-0.4, -0.2) is 14.3 Å². The van der Waals surface area contributed by atoms with Crippen molar-refractivity contribution in [1.82, 2.24) is 14.3 Å². The molecule has 2 aromatic rings. The molecule has 2 rings (SSSR count). The fourth-order valence-corrected chi connectivity index (χ4v) is 2.35. The van der Waals surface area contributed by atoms with Crippen molar-refractivity contribution in [2.24, 2.45) is 0 Å². The lowest BCUT2D eigenvalue weighted by Gasteiger charge is -2.14. The van der Waals surface area contributed by atoms with Gasteiger partial charge in [-0.2, -0.15) is 4.37 Å². The Hall–Kier alpha value is -1.49. The van der Waals surface area contributed by atoms with Crippen LogP contribution in [0.3, 0.4) is 0 Å². The van der Waals surface area contributed by atoms with E-state index in [0.29, 0.717) is 0 Å². The van der Waals surface area contributed by atoms with Gasteiger partial charge in [-0.25, -0.2) is 4.98 Å². The van der Waals surface area contributed by atoms with E-state index < -0.39 is 0 Å². The lowest BCUT2D eigenvalue weighted by Crippen LogP contribution is -2.13. The van der Waals surface area contributed by atoms with Crippen LogP contribution >= 0.6 is 11.5 Å². The second kappa shape index (κ2) is 5.02. The Morgan fingerprint density at radius 1 is 1.22 bits per heavy atom. The Labute approximate surface area is 112 Å². The molecule has 0 spiro atoms. The molecular formula is C13H18N4S. The number of pyridine rings is 1. The third-order valence-corrected chi connectivity index (χ3v) is 3.29. The lowest BCUT2D eigenvalue weighted by molar-refractivity contribution is 0.555. The summed E-state index contributed by atoms with van der Waals surface area (Å²) < 4.78 is 4.39. The molecule has 1 atom stereocenters. The molecule has 2 aromatic heterocycles. The van der Waals surface area contributed by atoms with Gasteiger partial charge in [0.25, 0.3) is 0 Å². The Morgan fingerprint density at radius 3 is 2.44 bits per heavy atom. The van der Waals surface area contributed by atoms with Crippen LogP contribution in [0.4, 0.5) is 5.13 Å². The summed E-state index contributed by atoms with van der Waals surface area (Å²) in [6.45, 7) is 8.45. The van der Waals surface area contributed by atoms with Crippen LogP contribution in [0.15, 0.2) is 24.5 Å². The molecule has 1 N–H and O–H groups in total. The molecule has 2 heterocycles. The fourth-order valence-electron chi connectivity index (χ4n) is 1.51. The average Bonchev–Trinajstić information content (AvgIpc) is 2.78. The molecule has 0 fully saturated rings. The molecule has 18 heavy (non-hydrogen) atoms. The SMILES string of the molecule is CC(Nc1nc(C(C)(C)C)ns1)c1ccncc1. The fraction of sp³-hybridized carbons (Fsp3) is 0.462. The molecule has 0 bridgehead atoms. The third-order valence-electron chi connectivity index (χ3n) is 2.64. The van der Waals surface area contributed by atoms with Gasteiger partial charge in [-0.3, -0.25) is 4.98 Å². The van der Waals surface area contributed by atoms with Crippen molar-refractivity contribution in [3.63, 3.8) is 0 Å². The predicted molar refractivity (Wildman–Crippen MR) is 74.9 cm³/mol. The first-order chi connectivity index (χ1) is 8.47. The number of hydrogen-bond donors (Lipinski definition) is 1. The summed E-state index contributed by atoms with van der Waals surface area (Å²) in [5, 5.41) is 4.23. The van der Waals surface area contributed by atoms with E-state index in [2.05, 4.69) is 47.4 Å². The number of nitrogens with zero attached hydrogens (tertiary/aromatic N) is 3. The van der Waals surface area contributed by atoms with Crippen LogP contribution in [0.5, 0.6) is 0 Å². The maximum Gasteiger partial charge on any atom is 0.203 e. The molecule has 0 aliphatic carbocycles. The van der Waals surface area contributed by atoms with Crippen molar-refractivity contribution >= 4 is 16.7 Å². The highest BCUT2D eigenvalue weighted by atomic mass is 32.1. The minimum absolute atomic E-state index is 0.00364. The summed E-state index contributed by atoms with van der Waals surface area (Å²) in [5.41, 5.74) is 1.19. The first-order valence-corrected chi connectivity index (χ1v) is 6.75. The van der Waals surface area contributed by atoms with Crippen molar-refractivity contribution in [3.8, 4) is 0 Å². The standard InChI is InChI=1S/C13H18N4S/c1-9(10-5-7-14-8-6-10)15-12-16-11(17-18-12)13(2,3)4/h5-9H,1-4H3,(H,15,16,17). The lowest BCUT2D eigenvalue weighted by atomic mass is 9.96. The van der Waals surface area contributed by atoms with Gasteiger partial charge in [0.05, 0.1) is 6.04 Å². The van der Waals surface area contributed by atoms with E-state index in [0.717, 1.165) is 11.0 Å². The molecule has 0 aliphatic heterocycles. The topological polar surface area (TPSA) is 50.7 Å². The zero-order chi connectivity index (χ0) is 13.2. The average molecular weight is 262 g/mol. The van der Waals surface area contributed by atoms with E-state index in [1.54, 1.807) is 12.4 Å². The van der Waals surface area contributed by atoms with E-state index in [1.165, 1.54) is 17.1 Å². The number of rotatable bonds is 3. The van der Waals surface area contributed by atoms with Crippen LogP contribution in [-0.2, 0) is 5.41 Å². The number of hydrogen-bond acceptors (Lipinski definition) is 5. The van der Waals surface area contributed by atoms with Crippen LogP contribution in [0.25, 0.3) is 0 Å². The summed E-state index contributed by atoms with van der Waals surface area (Å²) in [4.78, 5) is 8.55. The van der Waals surface area contributed by atoms with Gasteiger partial charge < -0.3 is 5.32 Å². The number of nitrogens with one attached hydrogen (secondary N) is 1. The smallest absolute Gasteiger partial charge is 0.203 e. The van der Waals surface area contributed by atoms with E-state index in [-0.39, 0.29) is 11.5 Å². The first-order valence-electron chi connectivity index (χ1n) is 5.97. The third kappa shape index (κ3) is 3.04. The van der Waals surface area contributed by atoms with Gasteiger partial charge in [-0.05, 0) is 24.6 Å². The second-order valence-electron chi connectivity index (χ2n) is 5.32. The van der Waals surface area contributed by atoms with E-state index in [4.69, 9.17) is 0 Å². The van der Waals surface area contributed by atoms with Crippen molar-refractivity contribution in [3.05, 3.63) is 35.9 Å². The van der Waals surface area contributed by atoms with Crippen LogP contribution < -0.4 is 5.32 Å². The van der Waals surface area contributed by atoms with Crippen LogP contribution in [0.2, 0.25) is 0 Å². The largest absolute Gasteiger partial charge is 0.354 e. The van der Waals surface area contributed by atoms with Gasteiger partial charge in [-0.1, -0.05) is 20.8 Å². The Morgan fingerprint density at radius 2 is 1.89 bits per heavy atom. The summed E-state index contributed by atoms with van der Waals surface area (Å²) >= 11 is 1.41. The zero-order valence-electron chi connectivity index (χ0n) is 11.1. The quantitative estimate of drug-likeness (QED) is 0.921. The van der Waals surface area contributed by atoms with Gasteiger partial charge in [0.15, 0.2) is 0 Å². The van der Waals surface area contributed by atoms with Crippen LogP contribution in [0, 0.1) is 0 Å². The summed E-state index contributed by atoms with van der Waals surface area (Å²) in [6, 6.07) is 4.21. The normalized spacial score (nSPS) is 13.3. The minimum atomic E-state index is -0.00364. The molecule has 5 heteroatoms. The molecule has 0 aromatic carbocycles. The first kappa shape index (κ1) is 13.0. The van der Waals surface area contributed by atoms with Crippen LogP contribution in [0.1, 0.15) is 45.1 Å². The van der Waals surface area contributed by atoms with Crippen molar-refractivity contribution in [2.45, 2.75) is 39.2 Å². The predicted octanol–water partition coefficient (Wildman–Crippen LogP) is 3.40. The number of anilines is 1. The molecule has 0 radical (unpaired) electrons. The zero-order valence-corrected chi connectivity index (χ0v) is 12.0. The maximum atomic E-state index is 4.53.